The van der Waals surface area contributed by atoms with Crippen molar-refractivity contribution in [3.63, 3.8) is 0 Å². The summed E-state index contributed by atoms with van der Waals surface area (Å²) in [5.74, 6) is -1.74. The van der Waals surface area contributed by atoms with Gasteiger partial charge in [0.05, 0.1) is 12.1 Å². The van der Waals surface area contributed by atoms with E-state index in [4.69, 9.17) is 5.11 Å². The Morgan fingerprint density at radius 1 is 1.15 bits per heavy atom. The summed E-state index contributed by atoms with van der Waals surface area (Å²) in [6.45, 7) is 5.68. The minimum atomic E-state index is -1.09. The standard InChI is InChI=1S/C19H24N4O4/c1-19(2,3)15-10-14(23(4)22-15)18(27)21-13-7-5-12(6-8-13)9-16(24)20-11-17(25)26/h5-8,10H,9,11H2,1-4H3,(H,20,24)(H,21,27)(H,25,26). The molecule has 0 aliphatic rings. The first-order valence-corrected chi connectivity index (χ1v) is 8.49. The van der Waals surface area contributed by atoms with E-state index in [0.717, 1.165) is 5.69 Å². The lowest BCUT2D eigenvalue weighted by molar-refractivity contribution is -0.137. The number of carboxylic acid groups (broad SMARTS) is 1. The molecule has 0 aliphatic carbocycles. The van der Waals surface area contributed by atoms with Gasteiger partial charge >= 0.3 is 5.97 Å². The maximum absolute atomic E-state index is 12.5. The number of nitrogens with zero attached hydrogens (tertiary/aromatic N) is 2. The van der Waals surface area contributed by atoms with E-state index < -0.39 is 12.5 Å². The molecule has 3 N–H and O–H groups in total. The highest BCUT2D eigenvalue weighted by Gasteiger charge is 2.21. The number of carbonyl (C=O) groups is 3. The van der Waals surface area contributed by atoms with Crippen molar-refractivity contribution in [2.24, 2.45) is 7.05 Å². The molecule has 0 saturated heterocycles. The minimum Gasteiger partial charge on any atom is -0.480 e. The normalized spacial score (nSPS) is 11.1. The Labute approximate surface area is 157 Å². The molecule has 2 amide bonds. The fourth-order valence-electron chi connectivity index (χ4n) is 2.37. The second-order valence-corrected chi connectivity index (χ2v) is 7.29. The number of aliphatic carboxylic acids is 1. The highest BCUT2D eigenvalue weighted by molar-refractivity contribution is 6.03. The number of carbonyl (C=O) groups excluding carboxylic acids is 2. The second-order valence-electron chi connectivity index (χ2n) is 7.29. The van der Waals surface area contributed by atoms with Crippen LogP contribution >= 0.6 is 0 Å². The fraction of sp³-hybridized carbons (Fsp3) is 0.368. The molecule has 2 aromatic rings. The van der Waals surface area contributed by atoms with Crippen LogP contribution in [0.1, 0.15) is 42.5 Å². The minimum absolute atomic E-state index is 0.0676. The van der Waals surface area contributed by atoms with Gasteiger partial charge in [0.15, 0.2) is 0 Å². The molecule has 0 fully saturated rings. The molecule has 1 aromatic carbocycles. The lowest BCUT2D eigenvalue weighted by Crippen LogP contribution is -2.30. The number of amides is 2. The summed E-state index contributed by atoms with van der Waals surface area (Å²) in [6, 6.07) is 8.58. The third-order valence-electron chi connectivity index (χ3n) is 3.89. The van der Waals surface area contributed by atoms with Gasteiger partial charge in [-0.15, -0.1) is 0 Å². The number of carboxylic acids is 1. The third-order valence-corrected chi connectivity index (χ3v) is 3.89. The average Bonchev–Trinajstić information content (AvgIpc) is 2.97. The molecule has 0 spiro atoms. The van der Waals surface area contributed by atoms with Gasteiger partial charge in [0, 0.05) is 18.2 Å². The number of rotatable bonds is 6. The molecule has 0 atom stereocenters. The summed E-state index contributed by atoms with van der Waals surface area (Å²) in [4.78, 5) is 34.6. The van der Waals surface area contributed by atoms with E-state index in [1.165, 1.54) is 0 Å². The van der Waals surface area contributed by atoms with Gasteiger partial charge in [-0.3, -0.25) is 19.1 Å². The topological polar surface area (TPSA) is 113 Å². The van der Waals surface area contributed by atoms with Crippen molar-refractivity contribution in [2.75, 3.05) is 11.9 Å². The predicted octanol–water partition coefficient (Wildman–Crippen LogP) is 1.71. The van der Waals surface area contributed by atoms with Crippen LogP contribution in [0, 0.1) is 0 Å². The van der Waals surface area contributed by atoms with Crippen molar-refractivity contribution in [1.82, 2.24) is 15.1 Å². The van der Waals surface area contributed by atoms with Crippen LogP contribution in [0.4, 0.5) is 5.69 Å². The Kier molecular flexibility index (Phi) is 5.99. The van der Waals surface area contributed by atoms with E-state index in [1.54, 1.807) is 42.1 Å². The van der Waals surface area contributed by atoms with Gasteiger partial charge in [-0.05, 0) is 23.8 Å². The van der Waals surface area contributed by atoms with E-state index in [1.807, 2.05) is 20.8 Å². The Morgan fingerprint density at radius 3 is 2.30 bits per heavy atom. The predicted molar refractivity (Wildman–Crippen MR) is 101 cm³/mol. The number of nitrogens with one attached hydrogen (secondary N) is 2. The first kappa shape index (κ1) is 20.2. The van der Waals surface area contributed by atoms with Crippen LogP contribution in [0.5, 0.6) is 0 Å². The monoisotopic (exact) mass is 372 g/mol. The van der Waals surface area contributed by atoms with Crippen LogP contribution in [0.3, 0.4) is 0 Å². The van der Waals surface area contributed by atoms with Gasteiger partial charge < -0.3 is 15.7 Å². The highest BCUT2D eigenvalue weighted by Crippen LogP contribution is 2.22. The number of hydrogen-bond donors (Lipinski definition) is 3. The van der Waals surface area contributed by atoms with E-state index in [9.17, 15) is 14.4 Å². The Bertz CT molecular complexity index is 848. The van der Waals surface area contributed by atoms with Gasteiger partial charge in [0.1, 0.15) is 12.2 Å². The van der Waals surface area contributed by atoms with Crippen LogP contribution in [-0.2, 0) is 28.5 Å². The number of benzene rings is 1. The zero-order valence-corrected chi connectivity index (χ0v) is 15.9. The van der Waals surface area contributed by atoms with E-state index in [2.05, 4.69) is 15.7 Å². The van der Waals surface area contributed by atoms with Crippen LogP contribution in [0.15, 0.2) is 30.3 Å². The molecule has 144 valence electrons. The zero-order valence-electron chi connectivity index (χ0n) is 15.9. The molecule has 8 nitrogen and oxygen atoms in total. The smallest absolute Gasteiger partial charge is 0.322 e. The van der Waals surface area contributed by atoms with Gasteiger partial charge in [-0.2, -0.15) is 5.10 Å². The van der Waals surface area contributed by atoms with E-state index in [-0.39, 0.29) is 23.7 Å². The molecule has 2 rings (SSSR count). The first-order valence-electron chi connectivity index (χ1n) is 8.49. The number of hydrogen-bond acceptors (Lipinski definition) is 4. The summed E-state index contributed by atoms with van der Waals surface area (Å²) >= 11 is 0. The Hall–Kier alpha value is -3.16. The van der Waals surface area contributed by atoms with Crippen molar-refractivity contribution >= 4 is 23.5 Å². The number of aromatic nitrogens is 2. The summed E-state index contributed by atoms with van der Waals surface area (Å²) in [5.41, 5.74) is 2.44. The van der Waals surface area contributed by atoms with Crippen LogP contribution in [0.25, 0.3) is 0 Å². The Balaban J connectivity index is 2.00. The first-order chi connectivity index (χ1) is 12.6. The molecule has 0 unspecified atom stereocenters. The van der Waals surface area contributed by atoms with E-state index in [0.29, 0.717) is 16.9 Å². The molecule has 27 heavy (non-hydrogen) atoms. The second kappa shape index (κ2) is 8.03. The number of aryl methyl sites for hydroxylation is 1. The van der Waals surface area contributed by atoms with E-state index >= 15 is 0 Å². The van der Waals surface area contributed by atoms with Gasteiger partial charge in [-0.25, -0.2) is 0 Å². The highest BCUT2D eigenvalue weighted by atomic mass is 16.4. The SMILES string of the molecule is Cn1nc(C(C)(C)C)cc1C(=O)Nc1ccc(CC(=O)NCC(=O)O)cc1. The summed E-state index contributed by atoms with van der Waals surface area (Å²) < 4.78 is 1.55. The maximum Gasteiger partial charge on any atom is 0.322 e. The fourth-order valence-corrected chi connectivity index (χ4v) is 2.37. The molecular weight excluding hydrogens is 348 g/mol. The third kappa shape index (κ3) is 5.67. The molecule has 0 radical (unpaired) electrons. The lowest BCUT2D eigenvalue weighted by atomic mass is 9.92. The lowest BCUT2D eigenvalue weighted by Gasteiger charge is -2.13. The van der Waals surface area contributed by atoms with Crippen molar-refractivity contribution in [2.45, 2.75) is 32.6 Å². The van der Waals surface area contributed by atoms with Gasteiger partial charge in [-0.1, -0.05) is 32.9 Å². The molecule has 0 saturated carbocycles. The van der Waals surface area contributed by atoms with Gasteiger partial charge in [0.25, 0.3) is 5.91 Å². The summed E-state index contributed by atoms with van der Waals surface area (Å²) in [6.07, 6.45) is 0.0676. The largest absolute Gasteiger partial charge is 0.480 e. The molecule has 1 aromatic heterocycles. The molecule has 0 bridgehead atoms. The summed E-state index contributed by atoms with van der Waals surface area (Å²) in [5, 5.41) is 18.0. The van der Waals surface area contributed by atoms with Gasteiger partial charge in [0.2, 0.25) is 5.91 Å². The quantitative estimate of drug-likeness (QED) is 0.714. The van der Waals surface area contributed by atoms with Crippen molar-refractivity contribution in [1.29, 1.82) is 0 Å². The summed E-state index contributed by atoms with van der Waals surface area (Å²) in [7, 11) is 1.73. The zero-order chi connectivity index (χ0) is 20.2. The number of anilines is 1. The maximum atomic E-state index is 12.5. The van der Waals surface area contributed by atoms with Crippen LogP contribution < -0.4 is 10.6 Å². The molecular formula is C19H24N4O4. The molecule has 8 heteroatoms. The van der Waals surface area contributed by atoms with Crippen LogP contribution in [-0.4, -0.2) is 39.2 Å². The van der Waals surface area contributed by atoms with Crippen molar-refractivity contribution < 1.29 is 19.5 Å². The average molecular weight is 372 g/mol. The molecule has 0 aliphatic heterocycles. The Morgan fingerprint density at radius 2 is 1.78 bits per heavy atom. The molecule has 1 heterocycles. The van der Waals surface area contributed by atoms with Crippen molar-refractivity contribution in [3.05, 3.63) is 47.3 Å². The van der Waals surface area contributed by atoms with Crippen LogP contribution in [0.2, 0.25) is 0 Å². The van der Waals surface area contributed by atoms with Crippen molar-refractivity contribution in [3.8, 4) is 0 Å².